The molecule has 0 bridgehead atoms. The van der Waals surface area contributed by atoms with Gasteiger partial charge in [-0.15, -0.1) is 0 Å². The lowest BCUT2D eigenvalue weighted by Gasteiger charge is -2.21. The van der Waals surface area contributed by atoms with Gasteiger partial charge in [0.25, 0.3) is 0 Å². The SMILES string of the molecule is CCCNC(c1ccc(CC(C)C)cc1)C1C2CCCC21. The summed E-state index contributed by atoms with van der Waals surface area (Å²) in [6, 6.07) is 10.1. The summed E-state index contributed by atoms with van der Waals surface area (Å²) < 4.78 is 0. The standard InChI is InChI=1S/C20H31N/c1-4-12-21-20(19-17-6-5-7-18(17)19)16-10-8-15(9-11-16)13-14(2)3/h8-11,14,17-21H,4-7,12-13H2,1-3H3. The Morgan fingerprint density at radius 3 is 2.33 bits per heavy atom. The van der Waals surface area contributed by atoms with Gasteiger partial charge in [-0.3, -0.25) is 0 Å². The van der Waals surface area contributed by atoms with Gasteiger partial charge in [-0.05, 0) is 67.0 Å². The van der Waals surface area contributed by atoms with Crippen molar-refractivity contribution in [2.45, 2.75) is 58.9 Å². The molecule has 2 aliphatic carbocycles. The smallest absolute Gasteiger partial charge is 0.0354 e. The van der Waals surface area contributed by atoms with Crippen LogP contribution in [-0.2, 0) is 6.42 Å². The van der Waals surface area contributed by atoms with Gasteiger partial charge in [0.15, 0.2) is 0 Å². The van der Waals surface area contributed by atoms with Crippen LogP contribution in [0.2, 0.25) is 0 Å². The Labute approximate surface area is 130 Å². The Bertz CT molecular complexity index is 437. The molecule has 0 aromatic heterocycles. The maximum atomic E-state index is 3.84. The Morgan fingerprint density at radius 1 is 1.10 bits per heavy atom. The molecule has 0 saturated heterocycles. The zero-order chi connectivity index (χ0) is 14.8. The Kier molecular flexibility index (Phi) is 4.69. The van der Waals surface area contributed by atoms with Gasteiger partial charge in [0.05, 0.1) is 0 Å². The zero-order valence-electron chi connectivity index (χ0n) is 13.9. The van der Waals surface area contributed by atoms with Crippen molar-refractivity contribution < 1.29 is 0 Å². The number of fused-ring (bicyclic) bond motifs is 1. The van der Waals surface area contributed by atoms with Gasteiger partial charge in [0.2, 0.25) is 0 Å². The van der Waals surface area contributed by atoms with Crippen LogP contribution in [0.1, 0.15) is 63.6 Å². The number of rotatable bonds is 7. The molecular formula is C20H31N. The van der Waals surface area contributed by atoms with E-state index in [2.05, 4.69) is 50.4 Å². The largest absolute Gasteiger partial charge is 0.310 e. The van der Waals surface area contributed by atoms with Crippen LogP contribution >= 0.6 is 0 Å². The fourth-order valence-corrected chi connectivity index (χ4v) is 4.48. The van der Waals surface area contributed by atoms with Gasteiger partial charge >= 0.3 is 0 Å². The van der Waals surface area contributed by atoms with E-state index >= 15 is 0 Å². The molecule has 1 aromatic rings. The molecule has 3 unspecified atom stereocenters. The van der Waals surface area contributed by atoms with E-state index in [0.29, 0.717) is 6.04 Å². The Morgan fingerprint density at radius 2 is 1.76 bits per heavy atom. The minimum absolute atomic E-state index is 0.605. The summed E-state index contributed by atoms with van der Waals surface area (Å²) in [4.78, 5) is 0. The summed E-state index contributed by atoms with van der Waals surface area (Å²) in [7, 11) is 0. The molecule has 0 amide bonds. The van der Waals surface area contributed by atoms with Crippen LogP contribution in [0.15, 0.2) is 24.3 Å². The molecule has 2 saturated carbocycles. The highest BCUT2D eigenvalue weighted by molar-refractivity contribution is 5.28. The lowest BCUT2D eigenvalue weighted by molar-refractivity contribution is 0.417. The van der Waals surface area contributed by atoms with Crippen LogP contribution in [0.5, 0.6) is 0 Å². The molecule has 2 aliphatic rings. The van der Waals surface area contributed by atoms with Gasteiger partial charge < -0.3 is 5.32 Å². The van der Waals surface area contributed by atoms with Gasteiger partial charge in [-0.2, -0.15) is 0 Å². The fraction of sp³-hybridized carbons (Fsp3) is 0.700. The minimum atomic E-state index is 0.605. The average Bonchev–Trinajstić information content (AvgIpc) is 2.93. The topological polar surface area (TPSA) is 12.0 Å². The predicted octanol–water partition coefficient (Wildman–Crippen LogP) is 4.97. The number of hydrogen-bond acceptors (Lipinski definition) is 1. The van der Waals surface area contributed by atoms with E-state index in [1.165, 1.54) is 43.2 Å². The highest BCUT2D eigenvalue weighted by Crippen LogP contribution is 2.62. The first kappa shape index (κ1) is 15.1. The second-order valence-electron chi connectivity index (χ2n) is 7.61. The van der Waals surface area contributed by atoms with Gasteiger partial charge in [0.1, 0.15) is 0 Å². The quantitative estimate of drug-likeness (QED) is 0.745. The first-order valence-corrected chi connectivity index (χ1v) is 9.03. The molecule has 0 spiro atoms. The molecule has 0 radical (unpaired) electrons. The molecule has 3 atom stereocenters. The van der Waals surface area contributed by atoms with E-state index in [0.717, 1.165) is 30.2 Å². The van der Waals surface area contributed by atoms with Crippen LogP contribution in [-0.4, -0.2) is 6.54 Å². The summed E-state index contributed by atoms with van der Waals surface area (Å²) in [5.41, 5.74) is 3.01. The van der Waals surface area contributed by atoms with Gasteiger partial charge in [0, 0.05) is 6.04 Å². The minimum Gasteiger partial charge on any atom is -0.310 e. The van der Waals surface area contributed by atoms with Crippen LogP contribution in [0.25, 0.3) is 0 Å². The average molecular weight is 285 g/mol. The van der Waals surface area contributed by atoms with Gasteiger partial charge in [-0.25, -0.2) is 0 Å². The summed E-state index contributed by atoms with van der Waals surface area (Å²) in [6.45, 7) is 8.01. The Balaban J connectivity index is 1.70. The van der Waals surface area contributed by atoms with Crippen molar-refractivity contribution in [2.24, 2.45) is 23.7 Å². The van der Waals surface area contributed by atoms with Crippen LogP contribution in [0, 0.1) is 23.7 Å². The molecule has 2 fully saturated rings. The summed E-state index contributed by atoms with van der Waals surface area (Å²) in [5, 5.41) is 3.84. The first-order chi connectivity index (χ1) is 10.2. The van der Waals surface area contributed by atoms with E-state index in [9.17, 15) is 0 Å². The van der Waals surface area contributed by atoms with Crippen molar-refractivity contribution >= 4 is 0 Å². The van der Waals surface area contributed by atoms with E-state index in [4.69, 9.17) is 0 Å². The third-order valence-corrected chi connectivity index (χ3v) is 5.45. The van der Waals surface area contributed by atoms with E-state index in [1.807, 2.05) is 0 Å². The molecule has 21 heavy (non-hydrogen) atoms. The first-order valence-electron chi connectivity index (χ1n) is 9.03. The van der Waals surface area contributed by atoms with Crippen molar-refractivity contribution in [3.8, 4) is 0 Å². The second kappa shape index (κ2) is 6.52. The molecule has 1 N–H and O–H groups in total. The van der Waals surface area contributed by atoms with E-state index < -0.39 is 0 Å². The number of hydrogen-bond donors (Lipinski definition) is 1. The molecule has 1 nitrogen and oxygen atoms in total. The predicted molar refractivity (Wildman–Crippen MR) is 90.3 cm³/mol. The molecular weight excluding hydrogens is 254 g/mol. The third-order valence-electron chi connectivity index (χ3n) is 5.45. The lowest BCUT2D eigenvalue weighted by atomic mass is 9.94. The second-order valence-corrected chi connectivity index (χ2v) is 7.61. The molecule has 0 aliphatic heterocycles. The normalized spacial score (nSPS) is 28.7. The van der Waals surface area contributed by atoms with Crippen molar-refractivity contribution in [1.29, 1.82) is 0 Å². The molecule has 0 heterocycles. The van der Waals surface area contributed by atoms with Crippen LogP contribution < -0.4 is 5.32 Å². The lowest BCUT2D eigenvalue weighted by Crippen LogP contribution is -2.25. The molecule has 1 heteroatoms. The summed E-state index contributed by atoms with van der Waals surface area (Å²) in [6.07, 6.45) is 6.85. The molecule has 1 aromatic carbocycles. The van der Waals surface area contributed by atoms with Gasteiger partial charge in [-0.1, -0.05) is 51.5 Å². The summed E-state index contributed by atoms with van der Waals surface area (Å²) >= 11 is 0. The van der Waals surface area contributed by atoms with E-state index in [-0.39, 0.29) is 0 Å². The van der Waals surface area contributed by atoms with Crippen LogP contribution in [0.3, 0.4) is 0 Å². The molecule has 116 valence electrons. The Hall–Kier alpha value is -0.820. The summed E-state index contributed by atoms with van der Waals surface area (Å²) in [5.74, 6) is 3.71. The zero-order valence-corrected chi connectivity index (χ0v) is 13.9. The van der Waals surface area contributed by atoms with Crippen molar-refractivity contribution in [3.05, 3.63) is 35.4 Å². The number of nitrogens with one attached hydrogen (secondary N) is 1. The molecule has 3 rings (SSSR count). The highest BCUT2D eigenvalue weighted by Gasteiger charge is 2.55. The van der Waals surface area contributed by atoms with E-state index in [1.54, 1.807) is 0 Å². The highest BCUT2D eigenvalue weighted by atomic mass is 14.9. The van der Waals surface area contributed by atoms with Crippen LogP contribution in [0.4, 0.5) is 0 Å². The van der Waals surface area contributed by atoms with Crippen molar-refractivity contribution in [3.63, 3.8) is 0 Å². The van der Waals surface area contributed by atoms with Crippen molar-refractivity contribution in [2.75, 3.05) is 6.54 Å². The third kappa shape index (κ3) is 3.34. The van der Waals surface area contributed by atoms with Crippen molar-refractivity contribution in [1.82, 2.24) is 5.32 Å². The maximum Gasteiger partial charge on any atom is 0.0354 e. The fourth-order valence-electron chi connectivity index (χ4n) is 4.48. The maximum absolute atomic E-state index is 3.84. The monoisotopic (exact) mass is 285 g/mol. The number of benzene rings is 1.